The first-order valence-electron chi connectivity index (χ1n) is 6.45. The predicted molar refractivity (Wildman–Crippen MR) is 68.6 cm³/mol. The first-order valence-corrected chi connectivity index (χ1v) is 6.45. The number of hydrogen-bond donors (Lipinski definition) is 1. The summed E-state index contributed by atoms with van der Waals surface area (Å²) >= 11 is 0. The Labute approximate surface area is 111 Å². The van der Waals surface area contributed by atoms with Gasteiger partial charge in [-0.15, -0.1) is 0 Å². The van der Waals surface area contributed by atoms with Crippen molar-refractivity contribution in [1.29, 1.82) is 0 Å². The summed E-state index contributed by atoms with van der Waals surface area (Å²) in [6.45, 7) is 0.770. The van der Waals surface area contributed by atoms with E-state index in [1.807, 2.05) is 29.2 Å². The summed E-state index contributed by atoms with van der Waals surface area (Å²) in [7, 11) is 1.59. The fourth-order valence-corrected chi connectivity index (χ4v) is 3.02. The predicted octanol–water partition coefficient (Wildman–Crippen LogP) is 0.857. The minimum absolute atomic E-state index is 0.173. The molecule has 2 aliphatic heterocycles. The van der Waals surface area contributed by atoms with Crippen molar-refractivity contribution in [2.75, 3.05) is 13.7 Å². The summed E-state index contributed by atoms with van der Waals surface area (Å²) in [6, 6.07) is 6.86. The van der Waals surface area contributed by atoms with Crippen LogP contribution in [0.5, 0.6) is 5.75 Å². The van der Waals surface area contributed by atoms with Crippen LogP contribution in [-0.2, 0) is 9.59 Å². The van der Waals surface area contributed by atoms with Gasteiger partial charge in [0.2, 0.25) is 11.8 Å². The summed E-state index contributed by atoms with van der Waals surface area (Å²) < 4.78 is 5.33. The second-order valence-corrected chi connectivity index (χ2v) is 4.89. The SMILES string of the molecule is COc1ccccc1[C@H]1C(=O)NC(=O)[C@@H]2CCCN12. The number of para-hydroxylation sites is 1. The van der Waals surface area contributed by atoms with Gasteiger partial charge in [0, 0.05) is 12.1 Å². The number of carbonyl (C=O) groups is 2. The molecule has 5 heteroatoms. The zero-order valence-corrected chi connectivity index (χ0v) is 10.8. The fourth-order valence-electron chi connectivity index (χ4n) is 3.02. The van der Waals surface area contributed by atoms with Crippen molar-refractivity contribution in [3.05, 3.63) is 29.8 Å². The lowest BCUT2D eigenvalue weighted by atomic mass is 9.99. The van der Waals surface area contributed by atoms with E-state index in [0.717, 1.165) is 24.9 Å². The van der Waals surface area contributed by atoms with Crippen LogP contribution in [0.3, 0.4) is 0 Å². The molecule has 2 amide bonds. The number of benzene rings is 1. The van der Waals surface area contributed by atoms with Crippen LogP contribution in [0.1, 0.15) is 24.4 Å². The molecule has 0 bridgehead atoms. The average Bonchev–Trinajstić information content (AvgIpc) is 2.89. The monoisotopic (exact) mass is 260 g/mol. The van der Waals surface area contributed by atoms with Crippen LogP contribution in [0.4, 0.5) is 0 Å². The molecule has 2 fully saturated rings. The highest BCUT2D eigenvalue weighted by atomic mass is 16.5. The van der Waals surface area contributed by atoms with Gasteiger partial charge in [0.05, 0.1) is 13.2 Å². The van der Waals surface area contributed by atoms with Crippen molar-refractivity contribution in [3.8, 4) is 5.75 Å². The molecule has 0 spiro atoms. The number of fused-ring (bicyclic) bond motifs is 1. The minimum atomic E-state index is -0.429. The molecule has 100 valence electrons. The van der Waals surface area contributed by atoms with Gasteiger partial charge in [0.15, 0.2) is 0 Å². The maximum atomic E-state index is 12.2. The van der Waals surface area contributed by atoms with Gasteiger partial charge in [-0.3, -0.25) is 19.8 Å². The minimum Gasteiger partial charge on any atom is -0.496 e. The number of amides is 2. The molecule has 2 aliphatic rings. The number of methoxy groups -OCH3 is 1. The van der Waals surface area contributed by atoms with Gasteiger partial charge in [0.1, 0.15) is 11.8 Å². The van der Waals surface area contributed by atoms with E-state index in [1.165, 1.54) is 0 Å². The summed E-state index contributed by atoms with van der Waals surface area (Å²) in [6.07, 6.45) is 1.75. The Bertz CT molecular complexity index is 529. The molecule has 2 atom stereocenters. The highest BCUT2D eigenvalue weighted by Gasteiger charge is 2.45. The van der Waals surface area contributed by atoms with E-state index in [0.29, 0.717) is 5.75 Å². The first kappa shape index (κ1) is 12.2. The van der Waals surface area contributed by atoms with Crippen LogP contribution in [0, 0.1) is 0 Å². The second kappa shape index (κ2) is 4.66. The van der Waals surface area contributed by atoms with Gasteiger partial charge < -0.3 is 4.74 Å². The summed E-state index contributed by atoms with van der Waals surface area (Å²) in [4.78, 5) is 26.0. The van der Waals surface area contributed by atoms with Crippen LogP contribution in [0.25, 0.3) is 0 Å². The topological polar surface area (TPSA) is 58.6 Å². The van der Waals surface area contributed by atoms with Crippen molar-refractivity contribution < 1.29 is 14.3 Å². The van der Waals surface area contributed by atoms with Crippen LogP contribution in [-0.4, -0.2) is 36.4 Å². The lowest BCUT2D eigenvalue weighted by Gasteiger charge is -2.36. The van der Waals surface area contributed by atoms with Crippen molar-refractivity contribution in [2.45, 2.75) is 24.9 Å². The summed E-state index contributed by atoms with van der Waals surface area (Å²) in [5.74, 6) is 0.254. The smallest absolute Gasteiger partial charge is 0.248 e. The maximum absolute atomic E-state index is 12.2. The van der Waals surface area contributed by atoms with E-state index in [2.05, 4.69) is 5.32 Å². The van der Waals surface area contributed by atoms with Gasteiger partial charge in [-0.05, 0) is 18.9 Å². The van der Waals surface area contributed by atoms with E-state index in [9.17, 15) is 9.59 Å². The Kier molecular flexibility index (Phi) is 2.98. The number of nitrogens with zero attached hydrogens (tertiary/aromatic N) is 1. The lowest BCUT2D eigenvalue weighted by molar-refractivity contribution is -0.143. The average molecular weight is 260 g/mol. The number of piperazine rings is 1. The zero-order valence-electron chi connectivity index (χ0n) is 10.8. The molecule has 0 aliphatic carbocycles. The highest BCUT2D eigenvalue weighted by molar-refractivity contribution is 6.03. The molecule has 2 heterocycles. The van der Waals surface area contributed by atoms with Crippen LogP contribution < -0.4 is 10.1 Å². The van der Waals surface area contributed by atoms with Gasteiger partial charge in [-0.2, -0.15) is 0 Å². The maximum Gasteiger partial charge on any atom is 0.248 e. The van der Waals surface area contributed by atoms with Crippen LogP contribution in [0.2, 0.25) is 0 Å². The molecule has 1 aromatic carbocycles. The molecule has 0 saturated carbocycles. The third-order valence-electron chi connectivity index (χ3n) is 3.86. The van der Waals surface area contributed by atoms with E-state index in [-0.39, 0.29) is 17.9 Å². The molecule has 19 heavy (non-hydrogen) atoms. The molecule has 1 aromatic rings. The third-order valence-corrected chi connectivity index (χ3v) is 3.86. The molecule has 3 rings (SSSR count). The molecule has 2 saturated heterocycles. The van der Waals surface area contributed by atoms with Crippen LogP contribution in [0.15, 0.2) is 24.3 Å². The quantitative estimate of drug-likeness (QED) is 0.801. The summed E-state index contributed by atoms with van der Waals surface area (Å²) in [5, 5.41) is 2.48. The van der Waals surface area contributed by atoms with Gasteiger partial charge in [-0.25, -0.2) is 0 Å². The molecule has 1 N–H and O–H groups in total. The molecule has 5 nitrogen and oxygen atoms in total. The van der Waals surface area contributed by atoms with Crippen molar-refractivity contribution in [1.82, 2.24) is 10.2 Å². The Morgan fingerprint density at radius 2 is 2.05 bits per heavy atom. The van der Waals surface area contributed by atoms with Crippen molar-refractivity contribution in [3.63, 3.8) is 0 Å². The Morgan fingerprint density at radius 3 is 2.84 bits per heavy atom. The molecule has 0 aromatic heterocycles. The van der Waals surface area contributed by atoms with Crippen molar-refractivity contribution in [2.24, 2.45) is 0 Å². The largest absolute Gasteiger partial charge is 0.496 e. The Hall–Kier alpha value is -1.88. The van der Waals surface area contributed by atoms with Gasteiger partial charge in [0.25, 0.3) is 0 Å². The fraction of sp³-hybridized carbons (Fsp3) is 0.429. The van der Waals surface area contributed by atoms with E-state index in [1.54, 1.807) is 7.11 Å². The zero-order chi connectivity index (χ0) is 13.4. The lowest BCUT2D eigenvalue weighted by Crippen LogP contribution is -2.56. The number of hydrogen-bond acceptors (Lipinski definition) is 4. The van der Waals surface area contributed by atoms with Crippen molar-refractivity contribution >= 4 is 11.8 Å². The number of ether oxygens (including phenoxy) is 1. The molecule has 0 unspecified atom stereocenters. The van der Waals surface area contributed by atoms with E-state index in [4.69, 9.17) is 4.74 Å². The molecular formula is C14H16N2O3. The second-order valence-electron chi connectivity index (χ2n) is 4.89. The molecule has 0 radical (unpaired) electrons. The number of carbonyl (C=O) groups excluding carboxylic acids is 2. The third kappa shape index (κ3) is 1.90. The Balaban J connectivity index is 2.02. The normalized spacial score (nSPS) is 27.0. The Morgan fingerprint density at radius 1 is 1.26 bits per heavy atom. The van der Waals surface area contributed by atoms with E-state index >= 15 is 0 Å². The standard InChI is InChI=1S/C14H16N2O3/c1-19-11-7-3-2-5-9(11)12-14(18)15-13(17)10-6-4-8-16(10)12/h2-3,5,7,10,12H,4,6,8H2,1H3,(H,15,17,18)/t10-,12-/m0/s1. The number of rotatable bonds is 2. The summed E-state index contributed by atoms with van der Waals surface area (Å²) in [5.41, 5.74) is 0.821. The first-order chi connectivity index (χ1) is 9.22. The van der Waals surface area contributed by atoms with Crippen LogP contribution >= 0.6 is 0 Å². The van der Waals surface area contributed by atoms with Gasteiger partial charge in [-0.1, -0.05) is 18.2 Å². The number of imide groups is 1. The van der Waals surface area contributed by atoms with E-state index < -0.39 is 6.04 Å². The van der Waals surface area contributed by atoms with Gasteiger partial charge >= 0.3 is 0 Å². The number of nitrogens with one attached hydrogen (secondary N) is 1. The highest BCUT2D eigenvalue weighted by Crippen LogP contribution is 2.36. The molecular weight excluding hydrogens is 244 g/mol.